The lowest BCUT2D eigenvalue weighted by Crippen LogP contribution is -2.16. The second-order valence-corrected chi connectivity index (χ2v) is 7.54. The largest absolute Gasteiger partial charge is 0.383 e. The van der Waals surface area contributed by atoms with Crippen molar-refractivity contribution in [2.24, 2.45) is 4.99 Å². The summed E-state index contributed by atoms with van der Waals surface area (Å²) in [6.07, 6.45) is 3.43. The molecular formula is C20H12ClN5OS. The lowest BCUT2D eigenvalue weighted by atomic mass is 10.1. The van der Waals surface area contributed by atoms with Crippen LogP contribution in [0.2, 0.25) is 5.02 Å². The molecular weight excluding hydrogens is 394 g/mol. The molecule has 0 aliphatic carbocycles. The predicted molar refractivity (Wildman–Crippen MR) is 114 cm³/mol. The van der Waals surface area contributed by atoms with Gasteiger partial charge in [-0.3, -0.25) is 9.79 Å². The Morgan fingerprint density at radius 3 is 2.64 bits per heavy atom. The molecule has 0 atom stereocenters. The lowest BCUT2D eigenvalue weighted by molar-refractivity contribution is 0.944. The van der Waals surface area contributed by atoms with Gasteiger partial charge < -0.3 is 5.73 Å². The molecule has 1 aliphatic heterocycles. The van der Waals surface area contributed by atoms with Crippen LogP contribution in [0.25, 0.3) is 27.2 Å². The molecule has 1 aliphatic rings. The first kappa shape index (κ1) is 16.9. The van der Waals surface area contributed by atoms with Crippen molar-refractivity contribution in [2.75, 3.05) is 5.73 Å². The van der Waals surface area contributed by atoms with E-state index in [1.165, 1.54) is 15.9 Å². The number of hydrogen-bond acceptors (Lipinski definition) is 6. The standard InChI is InChI=1S/C20H12ClN5OS/c21-15-7-3-1-6-13(15)19-25-26-17(22)14(18(27)24-20(26)28-19)9-11-10-23-16-8-4-2-5-12(11)16/h1-10H,22H2/b11-9+. The summed E-state index contributed by atoms with van der Waals surface area (Å²) in [6.45, 7) is 0. The molecule has 0 saturated heterocycles. The molecule has 5 rings (SSSR count). The molecule has 3 heterocycles. The number of halogens is 1. The number of allylic oxidation sites excluding steroid dienone is 1. The number of aliphatic imine (C=N–C) groups is 1. The van der Waals surface area contributed by atoms with Gasteiger partial charge in [-0.2, -0.15) is 14.6 Å². The predicted octanol–water partition coefficient (Wildman–Crippen LogP) is 4.31. The van der Waals surface area contributed by atoms with Crippen LogP contribution >= 0.6 is 22.9 Å². The highest BCUT2D eigenvalue weighted by molar-refractivity contribution is 7.19. The van der Waals surface area contributed by atoms with Crippen molar-refractivity contribution in [2.45, 2.75) is 0 Å². The average molecular weight is 406 g/mol. The fourth-order valence-electron chi connectivity index (χ4n) is 3.07. The van der Waals surface area contributed by atoms with Crippen LogP contribution in [-0.2, 0) is 0 Å². The summed E-state index contributed by atoms with van der Waals surface area (Å²) in [5.41, 5.74) is 9.55. The highest BCUT2D eigenvalue weighted by atomic mass is 35.5. The Hall–Kier alpha value is -3.29. The van der Waals surface area contributed by atoms with E-state index in [4.69, 9.17) is 17.3 Å². The van der Waals surface area contributed by atoms with Gasteiger partial charge in [-0.05, 0) is 18.2 Å². The molecule has 136 valence electrons. The number of hydrogen-bond donors (Lipinski definition) is 1. The molecule has 0 saturated carbocycles. The van der Waals surface area contributed by atoms with Gasteiger partial charge in [0.15, 0.2) is 0 Å². The van der Waals surface area contributed by atoms with E-state index in [0.29, 0.717) is 15.0 Å². The molecule has 28 heavy (non-hydrogen) atoms. The lowest BCUT2D eigenvalue weighted by Gasteiger charge is -2.03. The topological polar surface area (TPSA) is 85.6 Å². The zero-order valence-corrected chi connectivity index (χ0v) is 15.9. The summed E-state index contributed by atoms with van der Waals surface area (Å²) in [5, 5.41) is 5.74. The van der Waals surface area contributed by atoms with Gasteiger partial charge in [0.05, 0.1) is 16.3 Å². The van der Waals surface area contributed by atoms with E-state index >= 15 is 0 Å². The van der Waals surface area contributed by atoms with Crippen molar-refractivity contribution in [3.63, 3.8) is 0 Å². The van der Waals surface area contributed by atoms with Crippen LogP contribution in [0, 0.1) is 0 Å². The van der Waals surface area contributed by atoms with E-state index < -0.39 is 5.56 Å². The van der Waals surface area contributed by atoms with Crippen molar-refractivity contribution < 1.29 is 0 Å². The highest BCUT2D eigenvalue weighted by Gasteiger charge is 2.18. The Labute approximate surface area is 168 Å². The van der Waals surface area contributed by atoms with Crippen molar-refractivity contribution >= 4 is 57.3 Å². The van der Waals surface area contributed by atoms with E-state index in [0.717, 1.165) is 22.4 Å². The minimum Gasteiger partial charge on any atom is -0.383 e. The molecule has 0 spiro atoms. The number of benzene rings is 2. The Balaban J connectivity index is 1.68. The molecule has 0 radical (unpaired) electrons. The maximum Gasteiger partial charge on any atom is 0.283 e. The van der Waals surface area contributed by atoms with Crippen molar-refractivity contribution in [3.8, 4) is 10.6 Å². The van der Waals surface area contributed by atoms with Crippen LogP contribution in [-0.4, -0.2) is 20.8 Å². The molecule has 8 heteroatoms. The SMILES string of the molecule is Nc1c(/C=C2\C=Nc3ccccc32)c(=O)nc2sc(-c3ccccc3Cl)nn12. The Morgan fingerprint density at radius 2 is 1.82 bits per heavy atom. The van der Waals surface area contributed by atoms with Gasteiger partial charge >= 0.3 is 0 Å². The van der Waals surface area contributed by atoms with Crippen molar-refractivity contribution in [3.05, 3.63) is 75.0 Å². The quantitative estimate of drug-likeness (QED) is 0.538. The third-order valence-corrected chi connectivity index (χ3v) is 5.72. The van der Waals surface area contributed by atoms with Crippen molar-refractivity contribution in [1.29, 1.82) is 0 Å². The third-order valence-electron chi connectivity index (χ3n) is 4.45. The summed E-state index contributed by atoms with van der Waals surface area (Å²) in [4.78, 5) is 21.6. The van der Waals surface area contributed by atoms with Crippen LogP contribution in [0.1, 0.15) is 11.1 Å². The second kappa shape index (κ2) is 6.40. The Morgan fingerprint density at radius 1 is 1.07 bits per heavy atom. The maximum absolute atomic E-state index is 12.6. The molecule has 2 aromatic heterocycles. The first-order chi connectivity index (χ1) is 13.6. The first-order valence-corrected chi connectivity index (χ1v) is 9.61. The van der Waals surface area contributed by atoms with Crippen LogP contribution < -0.4 is 11.3 Å². The van der Waals surface area contributed by atoms with Crippen LogP contribution in [0.5, 0.6) is 0 Å². The summed E-state index contributed by atoms with van der Waals surface area (Å²) in [5.74, 6) is 0.231. The molecule has 2 aromatic carbocycles. The van der Waals surface area contributed by atoms with E-state index in [2.05, 4.69) is 15.1 Å². The Bertz CT molecular complexity index is 1370. The minimum atomic E-state index is -0.405. The number of fused-ring (bicyclic) bond motifs is 2. The number of para-hydroxylation sites is 1. The molecule has 0 amide bonds. The molecule has 6 nitrogen and oxygen atoms in total. The summed E-state index contributed by atoms with van der Waals surface area (Å²) in [7, 11) is 0. The monoisotopic (exact) mass is 405 g/mol. The van der Waals surface area contributed by atoms with Crippen LogP contribution in [0.3, 0.4) is 0 Å². The molecule has 0 unspecified atom stereocenters. The fraction of sp³-hybridized carbons (Fsp3) is 0. The van der Waals surface area contributed by atoms with Gasteiger partial charge in [-0.1, -0.05) is 59.3 Å². The average Bonchev–Trinajstić information content (AvgIpc) is 3.30. The van der Waals surface area contributed by atoms with Gasteiger partial charge in [0, 0.05) is 22.9 Å². The number of nitrogens with two attached hydrogens (primary N) is 1. The molecule has 0 bridgehead atoms. The normalized spacial score (nSPS) is 14.1. The van der Waals surface area contributed by atoms with Crippen LogP contribution in [0.4, 0.5) is 11.5 Å². The zero-order valence-electron chi connectivity index (χ0n) is 14.3. The molecule has 4 aromatic rings. The van der Waals surface area contributed by atoms with E-state index in [1.807, 2.05) is 42.5 Å². The van der Waals surface area contributed by atoms with Gasteiger partial charge in [0.25, 0.3) is 5.56 Å². The van der Waals surface area contributed by atoms with Gasteiger partial charge in [-0.15, -0.1) is 0 Å². The highest BCUT2D eigenvalue weighted by Crippen LogP contribution is 2.34. The number of nitrogen functional groups attached to an aromatic ring is 1. The maximum atomic E-state index is 12.6. The minimum absolute atomic E-state index is 0.231. The summed E-state index contributed by atoms with van der Waals surface area (Å²) in [6, 6.07) is 15.1. The number of anilines is 1. The van der Waals surface area contributed by atoms with Crippen molar-refractivity contribution in [1.82, 2.24) is 14.6 Å². The summed E-state index contributed by atoms with van der Waals surface area (Å²) < 4.78 is 1.48. The number of rotatable bonds is 2. The molecule has 2 N–H and O–H groups in total. The number of nitrogens with zero attached hydrogens (tertiary/aromatic N) is 4. The van der Waals surface area contributed by atoms with Gasteiger partial charge in [0.2, 0.25) is 4.96 Å². The van der Waals surface area contributed by atoms with Gasteiger partial charge in [0.1, 0.15) is 10.8 Å². The van der Waals surface area contributed by atoms with E-state index in [-0.39, 0.29) is 11.4 Å². The van der Waals surface area contributed by atoms with Crippen LogP contribution in [0.15, 0.2) is 58.3 Å². The zero-order chi connectivity index (χ0) is 19.3. The summed E-state index contributed by atoms with van der Waals surface area (Å²) >= 11 is 7.53. The first-order valence-electron chi connectivity index (χ1n) is 8.41. The van der Waals surface area contributed by atoms with E-state index in [9.17, 15) is 4.79 Å². The third kappa shape index (κ3) is 2.64. The fourth-order valence-corrected chi connectivity index (χ4v) is 4.29. The number of aromatic nitrogens is 3. The Kier molecular flexibility index (Phi) is 3.85. The van der Waals surface area contributed by atoms with E-state index in [1.54, 1.807) is 18.4 Å². The smallest absolute Gasteiger partial charge is 0.283 e. The second-order valence-electron chi connectivity index (χ2n) is 6.17. The molecule has 0 fully saturated rings. The van der Waals surface area contributed by atoms with Gasteiger partial charge in [-0.25, -0.2) is 0 Å².